The van der Waals surface area contributed by atoms with Crippen molar-refractivity contribution in [2.75, 3.05) is 12.8 Å². The van der Waals surface area contributed by atoms with Crippen molar-refractivity contribution in [3.05, 3.63) is 23.8 Å². The quantitative estimate of drug-likeness (QED) is 0.765. The normalized spacial score (nSPS) is 13.9. The van der Waals surface area contributed by atoms with Gasteiger partial charge in [0.2, 0.25) is 0 Å². The number of carbonyl (C=O) groups excluding carboxylic acids is 1. The molecule has 0 bridgehead atoms. The number of nitrogens with one attached hydrogen (secondary N) is 1. The molecule has 0 aliphatic heterocycles. The number of ether oxygens (including phenoxy) is 1. The third-order valence-electron chi connectivity index (χ3n) is 3.13. The standard InChI is InChI=1S/C13H20FN3O2/c1-4-8(2)12(13(18)19-3)17-7-11-10(15)5-9(14)6-16-11/h5-6,8,12,17H,4,7,15H2,1-3H3/t8-,12-/m0/s1. The van der Waals surface area contributed by atoms with Crippen LogP contribution in [0.15, 0.2) is 12.3 Å². The fraction of sp³-hybridized carbons (Fsp3) is 0.538. The molecule has 0 fully saturated rings. The Kier molecular flexibility index (Phi) is 5.69. The summed E-state index contributed by atoms with van der Waals surface area (Å²) < 4.78 is 17.6. The van der Waals surface area contributed by atoms with Crippen LogP contribution in [0.5, 0.6) is 0 Å². The number of pyridine rings is 1. The molecule has 0 aliphatic carbocycles. The van der Waals surface area contributed by atoms with Crippen LogP contribution in [-0.2, 0) is 16.1 Å². The summed E-state index contributed by atoms with van der Waals surface area (Å²) in [6.07, 6.45) is 1.93. The van der Waals surface area contributed by atoms with Crippen molar-refractivity contribution in [1.82, 2.24) is 10.3 Å². The zero-order valence-electron chi connectivity index (χ0n) is 11.4. The third kappa shape index (κ3) is 4.17. The van der Waals surface area contributed by atoms with Gasteiger partial charge in [0.15, 0.2) is 0 Å². The van der Waals surface area contributed by atoms with Crippen LogP contribution >= 0.6 is 0 Å². The summed E-state index contributed by atoms with van der Waals surface area (Å²) in [5, 5.41) is 3.06. The van der Waals surface area contributed by atoms with E-state index >= 15 is 0 Å². The highest BCUT2D eigenvalue weighted by atomic mass is 19.1. The first kappa shape index (κ1) is 15.4. The van der Waals surface area contributed by atoms with Crippen LogP contribution in [-0.4, -0.2) is 24.1 Å². The molecule has 6 heteroatoms. The first-order valence-corrected chi connectivity index (χ1v) is 6.20. The van der Waals surface area contributed by atoms with E-state index in [4.69, 9.17) is 10.5 Å². The highest BCUT2D eigenvalue weighted by Gasteiger charge is 2.24. The van der Waals surface area contributed by atoms with Crippen LogP contribution in [0, 0.1) is 11.7 Å². The number of halogens is 1. The van der Waals surface area contributed by atoms with E-state index in [1.165, 1.54) is 13.2 Å². The molecule has 0 amide bonds. The van der Waals surface area contributed by atoms with Gasteiger partial charge in [-0.25, -0.2) is 4.39 Å². The van der Waals surface area contributed by atoms with Gasteiger partial charge in [-0.15, -0.1) is 0 Å². The molecule has 0 aromatic carbocycles. The molecule has 0 aliphatic rings. The maximum absolute atomic E-state index is 12.9. The number of aromatic nitrogens is 1. The molecule has 2 atom stereocenters. The molecule has 0 saturated heterocycles. The van der Waals surface area contributed by atoms with E-state index in [1.807, 2.05) is 13.8 Å². The summed E-state index contributed by atoms with van der Waals surface area (Å²) in [5.74, 6) is -0.683. The highest BCUT2D eigenvalue weighted by Crippen LogP contribution is 2.13. The molecule has 1 rings (SSSR count). The van der Waals surface area contributed by atoms with E-state index in [0.29, 0.717) is 5.69 Å². The summed E-state index contributed by atoms with van der Waals surface area (Å²) in [7, 11) is 1.35. The molecule has 1 heterocycles. The van der Waals surface area contributed by atoms with Gasteiger partial charge < -0.3 is 10.5 Å². The van der Waals surface area contributed by atoms with Crippen LogP contribution < -0.4 is 11.1 Å². The van der Waals surface area contributed by atoms with Crippen molar-refractivity contribution >= 4 is 11.7 Å². The Morgan fingerprint density at radius 2 is 2.32 bits per heavy atom. The van der Waals surface area contributed by atoms with Gasteiger partial charge in [0.25, 0.3) is 0 Å². The SMILES string of the molecule is CC[C@H](C)[C@H](NCc1ncc(F)cc1N)C(=O)OC. The molecule has 106 valence electrons. The summed E-state index contributed by atoms with van der Waals surface area (Å²) in [6.45, 7) is 4.24. The fourth-order valence-electron chi connectivity index (χ4n) is 1.72. The lowest BCUT2D eigenvalue weighted by molar-refractivity contribution is -0.144. The minimum absolute atomic E-state index is 0.120. The van der Waals surface area contributed by atoms with Crippen molar-refractivity contribution in [2.24, 2.45) is 5.92 Å². The van der Waals surface area contributed by atoms with Gasteiger partial charge in [0.1, 0.15) is 11.9 Å². The minimum atomic E-state index is -0.479. The monoisotopic (exact) mass is 269 g/mol. The lowest BCUT2D eigenvalue weighted by Crippen LogP contribution is -2.42. The van der Waals surface area contributed by atoms with Crippen LogP contribution in [0.4, 0.5) is 10.1 Å². The first-order chi connectivity index (χ1) is 8.99. The Bertz CT molecular complexity index is 440. The molecule has 0 saturated carbocycles. The average molecular weight is 269 g/mol. The molecule has 0 unspecified atom stereocenters. The topological polar surface area (TPSA) is 77.2 Å². The molecule has 1 aromatic heterocycles. The summed E-state index contributed by atoms with van der Waals surface area (Å²) in [4.78, 5) is 15.6. The van der Waals surface area contributed by atoms with E-state index in [9.17, 15) is 9.18 Å². The number of esters is 1. The Labute approximate surface area is 112 Å². The second-order valence-electron chi connectivity index (χ2n) is 4.46. The number of carbonyl (C=O) groups is 1. The Balaban J connectivity index is 2.73. The number of nitrogen functional groups attached to an aromatic ring is 1. The van der Waals surface area contributed by atoms with Crippen molar-refractivity contribution in [2.45, 2.75) is 32.9 Å². The van der Waals surface area contributed by atoms with Gasteiger partial charge in [0.05, 0.1) is 24.7 Å². The molecule has 1 aromatic rings. The number of nitrogens with two attached hydrogens (primary N) is 1. The van der Waals surface area contributed by atoms with Crippen LogP contribution in [0.3, 0.4) is 0 Å². The average Bonchev–Trinajstić information content (AvgIpc) is 2.40. The maximum atomic E-state index is 12.9. The van der Waals surface area contributed by atoms with Gasteiger partial charge in [0, 0.05) is 12.6 Å². The Hall–Kier alpha value is -1.69. The fourth-order valence-corrected chi connectivity index (χ4v) is 1.72. The lowest BCUT2D eigenvalue weighted by atomic mass is 9.99. The molecule has 3 N–H and O–H groups in total. The third-order valence-corrected chi connectivity index (χ3v) is 3.13. The molecule has 19 heavy (non-hydrogen) atoms. The van der Waals surface area contributed by atoms with Crippen LogP contribution in [0.1, 0.15) is 26.0 Å². The molecular formula is C13H20FN3O2. The predicted octanol–water partition coefficient (Wildman–Crippen LogP) is 1.48. The number of hydrogen-bond acceptors (Lipinski definition) is 5. The summed E-state index contributed by atoms with van der Waals surface area (Å²) in [5.41, 5.74) is 6.44. The lowest BCUT2D eigenvalue weighted by Gasteiger charge is -2.22. The van der Waals surface area contributed by atoms with Gasteiger partial charge in [-0.1, -0.05) is 20.3 Å². The van der Waals surface area contributed by atoms with Crippen molar-refractivity contribution < 1.29 is 13.9 Å². The molecular weight excluding hydrogens is 249 g/mol. The largest absolute Gasteiger partial charge is 0.468 e. The first-order valence-electron chi connectivity index (χ1n) is 6.20. The second-order valence-corrected chi connectivity index (χ2v) is 4.46. The number of anilines is 1. The van der Waals surface area contributed by atoms with E-state index in [-0.39, 0.29) is 24.1 Å². The van der Waals surface area contributed by atoms with Gasteiger partial charge in [-0.3, -0.25) is 15.1 Å². The Morgan fingerprint density at radius 1 is 1.63 bits per heavy atom. The smallest absolute Gasteiger partial charge is 0.323 e. The van der Waals surface area contributed by atoms with E-state index in [2.05, 4.69) is 10.3 Å². The van der Waals surface area contributed by atoms with Crippen LogP contribution in [0.25, 0.3) is 0 Å². The Morgan fingerprint density at radius 3 is 2.84 bits per heavy atom. The summed E-state index contributed by atoms with van der Waals surface area (Å²) in [6, 6.07) is 0.779. The van der Waals surface area contributed by atoms with E-state index in [0.717, 1.165) is 12.6 Å². The minimum Gasteiger partial charge on any atom is -0.468 e. The van der Waals surface area contributed by atoms with E-state index < -0.39 is 11.9 Å². The number of rotatable bonds is 6. The van der Waals surface area contributed by atoms with Crippen molar-refractivity contribution in [3.8, 4) is 0 Å². The maximum Gasteiger partial charge on any atom is 0.323 e. The van der Waals surface area contributed by atoms with Crippen molar-refractivity contribution in [3.63, 3.8) is 0 Å². The number of methoxy groups -OCH3 is 1. The number of nitrogens with zero attached hydrogens (tertiary/aromatic N) is 1. The van der Waals surface area contributed by atoms with Crippen molar-refractivity contribution in [1.29, 1.82) is 0 Å². The van der Waals surface area contributed by atoms with Gasteiger partial charge >= 0.3 is 5.97 Å². The predicted molar refractivity (Wildman–Crippen MR) is 70.7 cm³/mol. The molecule has 0 radical (unpaired) electrons. The summed E-state index contributed by atoms with van der Waals surface area (Å²) >= 11 is 0. The van der Waals surface area contributed by atoms with E-state index in [1.54, 1.807) is 0 Å². The zero-order valence-corrected chi connectivity index (χ0v) is 11.4. The van der Waals surface area contributed by atoms with Gasteiger partial charge in [-0.2, -0.15) is 0 Å². The molecule has 0 spiro atoms. The second kappa shape index (κ2) is 7.04. The molecule has 5 nitrogen and oxygen atoms in total. The number of hydrogen-bond donors (Lipinski definition) is 2. The zero-order chi connectivity index (χ0) is 14.4. The van der Waals surface area contributed by atoms with Crippen LogP contribution in [0.2, 0.25) is 0 Å². The van der Waals surface area contributed by atoms with Gasteiger partial charge in [-0.05, 0) is 5.92 Å². The highest BCUT2D eigenvalue weighted by molar-refractivity contribution is 5.76.